The Morgan fingerprint density at radius 1 is 1.33 bits per heavy atom. The van der Waals surface area contributed by atoms with E-state index in [1.807, 2.05) is 0 Å². The Hall–Kier alpha value is 0.577. The van der Waals surface area contributed by atoms with Crippen molar-refractivity contribution in [3.63, 3.8) is 0 Å². The molecule has 0 saturated carbocycles. The van der Waals surface area contributed by atoms with E-state index in [-0.39, 0.29) is 7.92 Å². The normalized spacial score (nSPS) is 13.1. The molecule has 0 N–H and O–H groups in total. The van der Waals surface area contributed by atoms with Gasteiger partial charge in [-0.1, -0.05) is 0 Å². The zero-order valence-corrected chi connectivity index (χ0v) is 12.0. The first kappa shape index (κ1) is 9.58. The summed E-state index contributed by atoms with van der Waals surface area (Å²) in [6.45, 7) is 0. The van der Waals surface area contributed by atoms with Crippen LogP contribution in [0.1, 0.15) is 0 Å². The Morgan fingerprint density at radius 2 is 1.78 bits per heavy atom. The second-order valence-electron chi connectivity index (χ2n) is 2.68. The second kappa shape index (κ2) is 3.67. The van der Waals surface area contributed by atoms with E-state index in [9.17, 15) is 0 Å². The molecule has 0 saturated heterocycles. The molecule has 0 bridgehead atoms. The predicted molar refractivity (Wildman–Crippen MR) is 43.3 cm³/mol. The van der Waals surface area contributed by atoms with E-state index in [4.69, 9.17) is 10.5 Å². The zero-order valence-electron chi connectivity index (χ0n) is 5.97. The van der Waals surface area contributed by atoms with E-state index < -0.39 is 0 Å². The number of rotatable bonds is 1. The van der Waals surface area contributed by atoms with Gasteiger partial charge in [-0.3, -0.25) is 0 Å². The van der Waals surface area contributed by atoms with Gasteiger partial charge in [-0.2, -0.15) is 5.26 Å². The first-order valence-electron chi connectivity index (χ1n) is 2.85. The summed E-state index contributed by atoms with van der Waals surface area (Å²) in [4.78, 5) is 0. The minimum absolute atomic E-state index is 0.0702. The molecule has 0 aliphatic heterocycles. The van der Waals surface area contributed by atoms with Gasteiger partial charge in [0.15, 0.2) is 0 Å². The number of hydrogen-bond donors (Lipinski definition) is 0. The molecule has 5 heteroatoms. The van der Waals surface area contributed by atoms with E-state index in [1.165, 1.54) is 0 Å². The molecule has 0 amide bonds. The highest BCUT2D eigenvalue weighted by Gasteiger charge is 2.24. The molecule has 0 aliphatic rings. The van der Waals surface area contributed by atoms with E-state index in [0.29, 0.717) is 0 Å². The third-order valence-electron chi connectivity index (χ3n) is 1.56. The van der Waals surface area contributed by atoms with Crippen LogP contribution in [0.25, 0.3) is 0 Å². The summed E-state index contributed by atoms with van der Waals surface area (Å²) < 4.78 is -0.0955. The number of hydrogen-bond acceptors (Lipinski definition) is 2. The summed E-state index contributed by atoms with van der Waals surface area (Å²) in [6, 6.07) is 4.39. The largest absolute Gasteiger partial charge is 0.237 e. The molecule has 2 nitrogen and oxygen atoms in total. The molecule has 0 rings (SSSR count). The van der Waals surface area contributed by atoms with Crippen molar-refractivity contribution in [2.75, 3.05) is 0 Å². The molecule has 9 heavy (non-hydrogen) atoms. The maximum Gasteiger partial charge on any atom is 0.237 e. The minimum atomic E-state index is -0.166. The monoisotopic (exact) mass is 164 g/mol. The fourth-order valence-corrected chi connectivity index (χ4v) is 0.645. The molecule has 0 aromatic heterocycles. The van der Waals surface area contributed by atoms with Crippen LogP contribution in [0.3, 0.4) is 0 Å². The zero-order chi connectivity index (χ0) is 7.49. The van der Waals surface area contributed by atoms with Crippen LogP contribution in [0.15, 0.2) is 0 Å². The lowest BCUT2D eigenvalue weighted by atomic mass is 10.3. The molecule has 0 aromatic carbocycles. The van der Waals surface area contributed by atoms with Gasteiger partial charge in [0, 0.05) is 12.1 Å². The standard InChI is InChI=1S/C4HN2.3Al.6H/c5-3-1-2-4-6;;;;;;;;;/h1H;;;;;;;;;. The van der Waals surface area contributed by atoms with Crippen molar-refractivity contribution in [3.05, 3.63) is 0 Å². The fraction of sp³-hybridized carbons (Fsp3) is 0.500. The summed E-state index contributed by atoms with van der Waals surface area (Å²) in [7, 11) is 0. The lowest BCUT2D eigenvalue weighted by Gasteiger charge is -2.17. The molecule has 0 aromatic rings. The van der Waals surface area contributed by atoms with Gasteiger partial charge in [-0.05, 0) is 7.92 Å². The van der Waals surface area contributed by atoms with Crippen molar-refractivity contribution in [3.8, 4) is 12.1 Å². The molecule has 0 fully saturated rings. The van der Waals surface area contributed by atoms with Gasteiger partial charge in [0.2, 0.25) is 48.9 Å². The molecule has 1 atom stereocenters. The Kier molecular flexibility index (Phi) is 3.91. The molecule has 0 aliphatic carbocycles. The molecule has 0 radical (unpaired) electrons. The van der Waals surface area contributed by atoms with E-state index >= 15 is 0 Å². The highest BCUT2D eigenvalue weighted by Crippen LogP contribution is 2.27. The van der Waals surface area contributed by atoms with Crippen LogP contribution in [-0.2, 0) is 0 Å². The molecular formula is C4H7Al3N2. The van der Waals surface area contributed by atoms with Gasteiger partial charge in [0.05, 0.1) is 0 Å². The maximum atomic E-state index is 8.59. The van der Waals surface area contributed by atoms with E-state index in [1.54, 1.807) is 0 Å². The van der Waals surface area contributed by atoms with Crippen LogP contribution < -0.4 is 0 Å². The summed E-state index contributed by atoms with van der Waals surface area (Å²) in [5.74, 6) is 0. The van der Waals surface area contributed by atoms with E-state index in [2.05, 4.69) is 12.1 Å². The third-order valence-corrected chi connectivity index (χ3v) is 7.75. The third kappa shape index (κ3) is 2.77. The van der Waals surface area contributed by atoms with Crippen molar-refractivity contribution in [1.82, 2.24) is 0 Å². The van der Waals surface area contributed by atoms with Crippen molar-refractivity contribution in [2.24, 2.45) is 0 Å². The van der Waals surface area contributed by atoms with Gasteiger partial charge in [-0.25, -0.2) is 5.26 Å². The summed E-state index contributed by atoms with van der Waals surface area (Å²) in [5.41, 5.74) is 0. The minimum Gasteiger partial charge on any atom is -0.201 e. The fourth-order valence-electron chi connectivity index (χ4n) is 0.258. The van der Waals surface area contributed by atoms with Crippen molar-refractivity contribution in [2.45, 2.75) is 7.92 Å². The molecule has 1 unspecified atom stereocenters. The van der Waals surface area contributed by atoms with Gasteiger partial charge < -0.3 is 0 Å². The summed E-state index contributed by atoms with van der Waals surface area (Å²) in [6.07, 6.45) is 0. The Labute approximate surface area is 79.1 Å². The lowest BCUT2D eigenvalue weighted by Crippen LogP contribution is -2.16. The topological polar surface area (TPSA) is 47.6 Å². The van der Waals surface area contributed by atoms with Crippen LogP contribution in [-0.4, -0.2) is 48.9 Å². The average molecular weight is 164 g/mol. The average Bonchev–Trinajstić information content (AvgIpc) is 1.86. The Bertz CT molecular complexity index is 175. The van der Waals surface area contributed by atoms with Gasteiger partial charge in [0.1, 0.15) is 0 Å². The lowest BCUT2D eigenvalue weighted by molar-refractivity contribution is 0.971. The van der Waals surface area contributed by atoms with Gasteiger partial charge >= 0.3 is 0 Å². The first-order chi connectivity index (χ1) is 4.04. The SMILES string of the molecule is N#C[CH]([AlH2])[C]([AlH2])([AlH2])C#N. The van der Waals surface area contributed by atoms with Gasteiger partial charge in [0.25, 0.3) is 0 Å². The number of nitriles is 2. The van der Waals surface area contributed by atoms with Crippen molar-refractivity contribution in [1.29, 1.82) is 10.5 Å². The van der Waals surface area contributed by atoms with Crippen molar-refractivity contribution < 1.29 is 0 Å². The van der Waals surface area contributed by atoms with E-state index in [0.717, 1.165) is 48.9 Å². The second-order valence-corrected chi connectivity index (χ2v) is 9.99. The summed E-state index contributed by atoms with van der Waals surface area (Å²) >= 11 is 2.55. The first-order valence-corrected chi connectivity index (χ1v) is 6.01. The summed E-state index contributed by atoms with van der Waals surface area (Å²) in [5, 5.41) is 17.1. The van der Waals surface area contributed by atoms with Crippen LogP contribution >= 0.6 is 0 Å². The smallest absolute Gasteiger partial charge is 0.201 e. The van der Waals surface area contributed by atoms with Crippen molar-refractivity contribution >= 4 is 48.9 Å². The molecular weight excluding hydrogens is 157 g/mol. The van der Waals surface area contributed by atoms with Crippen LogP contribution in [0.2, 0.25) is 7.92 Å². The van der Waals surface area contributed by atoms with Crippen LogP contribution in [0, 0.1) is 22.7 Å². The van der Waals surface area contributed by atoms with Crippen LogP contribution in [0.5, 0.6) is 0 Å². The highest BCUT2D eigenvalue weighted by molar-refractivity contribution is 6.46. The van der Waals surface area contributed by atoms with Gasteiger partial charge in [-0.15, -0.1) is 0 Å². The molecule has 42 valence electrons. The highest BCUT2D eigenvalue weighted by atomic mass is 27.1. The molecule has 0 spiro atoms. The molecule has 0 heterocycles. The maximum absolute atomic E-state index is 8.59. The quantitative estimate of drug-likeness (QED) is 0.414. The predicted octanol–water partition coefficient (Wildman–Crippen LogP) is -2.16. The Balaban J connectivity index is 4.23. The number of nitrogens with zero attached hydrogens (tertiary/aromatic N) is 2. The van der Waals surface area contributed by atoms with Crippen LogP contribution in [0.4, 0.5) is 0 Å². The Morgan fingerprint density at radius 3 is 1.89 bits per heavy atom.